The minimum absolute atomic E-state index is 0.365. The first kappa shape index (κ1) is 22.8. The fourth-order valence-corrected chi connectivity index (χ4v) is 3.46. The largest absolute Gasteiger partial charge is 0.463 e. The summed E-state index contributed by atoms with van der Waals surface area (Å²) < 4.78 is 14.2. The van der Waals surface area contributed by atoms with Crippen molar-refractivity contribution in [1.29, 1.82) is 0 Å². The number of amides is 1. The molecule has 0 aliphatic carbocycles. The van der Waals surface area contributed by atoms with Crippen molar-refractivity contribution in [2.75, 3.05) is 18.4 Å². The van der Waals surface area contributed by atoms with Crippen molar-refractivity contribution in [3.05, 3.63) is 47.7 Å². The average Bonchev–Trinajstić information content (AvgIpc) is 3.15. The summed E-state index contributed by atoms with van der Waals surface area (Å²) in [5, 5.41) is 6.84. The van der Waals surface area contributed by atoms with E-state index in [2.05, 4.69) is 19.7 Å². The first-order valence-electron chi connectivity index (χ1n) is 9.64. The van der Waals surface area contributed by atoms with Crippen LogP contribution in [0.5, 0.6) is 0 Å². The molecule has 2 heterocycles. The molecule has 1 atom stereocenters. The first-order chi connectivity index (χ1) is 13.9. The molecule has 2 N–H and O–H groups in total. The van der Waals surface area contributed by atoms with E-state index in [1.54, 1.807) is 0 Å². The van der Waals surface area contributed by atoms with Crippen LogP contribution in [0.25, 0.3) is 0 Å². The molecule has 1 aliphatic rings. The molecule has 1 amide bonds. The lowest BCUT2D eigenvalue weighted by Crippen LogP contribution is -2.28. The first-order valence-corrected chi connectivity index (χ1v) is 10.4. The van der Waals surface area contributed by atoms with Gasteiger partial charge in [-0.25, -0.2) is 4.79 Å². The molecule has 7 nitrogen and oxygen atoms in total. The molecule has 1 aliphatic heterocycles. The van der Waals surface area contributed by atoms with E-state index in [0.29, 0.717) is 19.0 Å². The summed E-state index contributed by atoms with van der Waals surface area (Å²) in [6.07, 6.45) is 1.91. The summed E-state index contributed by atoms with van der Waals surface area (Å²) in [6.45, 7) is 8.41. The van der Waals surface area contributed by atoms with Crippen molar-refractivity contribution in [3.63, 3.8) is 0 Å². The third-order valence-electron chi connectivity index (χ3n) is 4.03. The number of anilines is 1. The highest BCUT2D eigenvalue weighted by Gasteiger charge is 2.20. The molecule has 1 saturated heterocycles. The van der Waals surface area contributed by atoms with Crippen LogP contribution in [0.2, 0.25) is 0 Å². The monoisotopic (exact) mass is 419 g/mol. The SMILES string of the molecule is CC(C)(C)OC(=O)Nc1cc(C2CCCNC2)ns1.O=COCc1ccccc1. The van der Waals surface area contributed by atoms with Gasteiger partial charge in [0, 0.05) is 12.5 Å². The van der Waals surface area contributed by atoms with E-state index in [1.165, 1.54) is 18.0 Å². The lowest BCUT2D eigenvalue weighted by molar-refractivity contribution is -0.129. The molecule has 1 unspecified atom stereocenters. The standard InChI is InChI=1S/C13H21N3O2S.C8H8O2/c1-13(2,3)18-12(17)15-11-7-10(16-19-11)9-5-4-6-14-8-9;9-7-10-6-8-4-2-1-3-5-8/h7,9,14H,4-6,8H2,1-3H3,(H,15,17);1-5,7H,6H2. The topological polar surface area (TPSA) is 89.5 Å². The molecule has 2 aromatic rings. The summed E-state index contributed by atoms with van der Waals surface area (Å²) in [5.74, 6) is 0.458. The van der Waals surface area contributed by atoms with Crippen LogP contribution in [-0.4, -0.2) is 35.6 Å². The van der Waals surface area contributed by atoms with Gasteiger partial charge in [-0.15, -0.1) is 0 Å². The summed E-state index contributed by atoms with van der Waals surface area (Å²) in [5.41, 5.74) is 1.59. The number of ether oxygens (including phenoxy) is 2. The number of aromatic nitrogens is 1. The number of carbonyl (C=O) groups excluding carboxylic acids is 2. The Balaban J connectivity index is 0.000000253. The zero-order valence-electron chi connectivity index (χ0n) is 17.1. The predicted octanol–water partition coefficient (Wildman–Crippen LogP) is 4.32. The molecule has 0 bridgehead atoms. The molecule has 0 saturated carbocycles. The smallest absolute Gasteiger partial charge is 0.412 e. The number of nitrogens with zero attached hydrogens (tertiary/aromatic N) is 1. The highest BCUT2D eigenvalue weighted by molar-refractivity contribution is 7.10. The van der Waals surface area contributed by atoms with Crippen LogP contribution in [0, 0.1) is 0 Å². The Hall–Kier alpha value is -2.45. The van der Waals surface area contributed by atoms with Crippen molar-refractivity contribution in [2.24, 2.45) is 0 Å². The van der Waals surface area contributed by atoms with Crippen molar-refractivity contribution < 1.29 is 19.1 Å². The number of nitrogens with one attached hydrogen (secondary N) is 2. The van der Waals surface area contributed by atoms with Crippen LogP contribution in [0.1, 0.15) is 50.8 Å². The fourth-order valence-electron chi connectivity index (χ4n) is 2.75. The molecular formula is C21H29N3O4S. The second-order valence-electron chi connectivity index (χ2n) is 7.68. The Morgan fingerprint density at radius 1 is 1.34 bits per heavy atom. The van der Waals surface area contributed by atoms with Gasteiger partial charge in [0.2, 0.25) is 0 Å². The van der Waals surface area contributed by atoms with Gasteiger partial charge in [-0.1, -0.05) is 30.3 Å². The van der Waals surface area contributed by atoms with Gasteiger partial charge >= 0.3 is 6.09 Å². The Kier molecular flexibility index (Phi) is 9.08. The number of piperidine rings is 1. The Morgan fingerprint density at radius 2 is 2.10 bits per heavy atom. The van der Waals surface area contributed by atoms with Gasteiger partial charge in [0.1, 0.15) is 17.2 Å². The maximum atomic E-state index is 11.6. The van der Waals surface area contributed by atoms with Crippen LogP contribution in [0.15, 0.2) is 36.4 Å². The van der Waals surface area contributed by atoms with E-state index in [-0.39, 0.29) is 0 Å². The molecule has 3 rings (SSSR count). The van der Waals surface area contributed by atoms with E-state index in [9.17, 15) is 9.59 Å². The molecule has 0 radical (unpaired) electrons. The van der Waals surface area contributed by atoms with Crippen molar-refractivity contribution in [1.82, 2.24) is 9.69 Å². The van der Waals surface area contributed by atoms with Gasteiger partial charge in [0.25, 0.3) is 6.47 Å². The second kappa shape index (κ2) is 11.5. The zero-order valence-corrected chi connectivity index (χ0v) is 18.0. The molecule has 8 heteroatoms. The van der Waals surface area contributed by atoms with Crippen LogP contribution in [0.3, 0.4) is 0 Å². The minimum atomic E-state index is -0.481. The molecule has 1 fully saturated rings. The van der Waals surface area contributed by atoms with Gasteiger partial charge in [-0.05, 0) is 63.3 Å². The summed E-state index contributed by atoms with van der Waals surface area (Å²) in [4.78, 5) is 21.4. The summed E-state index contributed by atoms with van der Waals surface area (Å²) in [6, 6.07) is 11.5. The van der Waals surface area contributed by atoms with E-state index >= 15 is 0 Å². The van der Waals surface area contributed by atoms with Crippen LogP contribution >= 0.6 is 11.5 Å². The quantitative estimate of drug-likeness (QED) is 0.702. The molecule has 29 heavy (non-hydrogen) atoms. The summed E-state index contributed by atoms with van der Waals surface area (Å²) in [7, 11) is 0. The van der Waals surface area contributed by atoms with Crippen molar-refractivity contribution >= 4 is 29.1 Å². The van der Waals surface area contributed by atoms with Gasteiger partial charge in [-0.3, -0.25) is 10.1 Å². The lowest BCUT2D eigenvalue weighted by atomic mass is 9.96. The number of hydrogen-bond acceptors (Lipinski definition) is 7. The maximum Gasteiger partial charge on any atom is 0.412 e. The van der Waals surface area contributed by atoms with E-state index in [4.69, 9.17) is 4.74 Å². The fraction of sp³-hybridized carbons (Fsp3) is 0.476. The predicted molar refractivity (Wildman–Crippen MR) is 114 cm³/mol. The lowest BCUT2D eigenvalue weighted by Gasteiger charge is -2.20. The van der Waals surface area contributed by atoms with Crippen LogP contribution in [-0.2, 0) is 20.9 Å². The third kappa shape index (κ3) is 9.06. The number of benzene rings is 1. The van der Waals surface area contributed by atoms with Crippen LogP contribution in [0.4, 0.5) is 9.80 Å². The number of rotatable bonds is 5. The minimum Gasteiger partial charge on any atom is -0.463 e. The third-order valence-corrected chi connectivity index (χ3v) is 4.75. The van der Waals surface area contributed by atoms with Crippen molar-refractivity contribution in [3.8, 4) is 0 Å². The summed E-state index contributed by atoms with van der Waals surface area (Å²) >= 11 is 1.31. The molecule has 158 valence electrons. The second-order valence-corrected chi connectivity index (χ2v) is 8.48. The molecule has 0 spiro atoms. The van der Waals surface area contributed by atoms with E-state index in [0.717, 1.165) is 35.8 Å². The van der Waals surface area contributed by atoms with E-state index < -0.39 is 11.7 Å². The normalized spacial score (nSPS) is 16.2. The highest BCUT2D eigenvalue weighted by atomic mass is 32.1. The molecule has 1 aromatic carbocycles. The van der Waals surface area contributed by atoms with Gasteiger partial charge < -0.3 is 14.8 Å². The molecular weight excluding hydrogens is 390 g/mol. The Morgan fingerprint density at radius 3 is 2.72 bits per heavy atom. The van der Waals surface area contributed by atoms with Gasteiger partial charge in [0.15, 0.2) is 0 Å². The Bertz CT molecular complexity index is 753. The number of carbonyl (C=O) groups is 2. The zero-order chi connectivity index (χ0) is 21.1. The Labute approximate surface area is 176 Å². The van der Waals surface area contributed by atoms with Crippen LogP contribution < -0.4 is 10.6 Å². The molecule has 1 aromatic heterocycles. The number of hydrogen-bond donors (Lipinski definition) is 2. The average molecular weight is 420 g/mol. The van der Waals surface area contributed by atoms with Gasteiger partial charge in [-0.2, -0.15) is 4.37 Å². The maximum absolute atomic E-state index is 11.6. The highest BCUT2D eigenvalue weighted by Crippen LogP contribution is 2.27. The van der Waals surface area contributed by atoms with E-state index in [1.807, 2.05) is 57.2 Å². The van der Waals surface area contributed by atoms with Gasteiger partial charge in [0.05, 0.1) is 5.69 Å². The van der Waals surface area contributed by atoms with Crippen molar-refractivity contribution in [2.45, 2.75) is 51.7 Å².